The van der Waals surface area contributed by atoms with Crippen LogP contribution in [0.1, 0.15) is 12.0 Å². The zero-order valence-corrected chi connectivity index (χ0v) is 10.9. The van der Waals surface area contributed by atoms with Gasteiger partial charge in [0, 0.05) is 6.42 Å². The van der Waals surface area contributed by atoms with E-state index in [4.69, 9.17) is 21.4 Å². The highest BCUT2D eigenvalue weighted by Gasteiger charge is 2.03. The summed E-state index contributed by atoms with van der Waals surface area (Å²) in [6, 6.07) is 14.6. The Morgan fingerprint density at radius 1 is 1.11 bits per heavy atom. The van der Waals surface area contributed by atoms with E-state index in [9.17, 15) is 4.79 Å². The Balaban J connectivity index is 2.03. The van der Waals surface area contributed by atoms with Crippen molar-refractivity contribution >= 4 is 17.6 Å². The van der Waals surface area contributed by atoms with Crippen molar-refractivity contribution in [3.8, 4) is 11.5 Å². The predicted molar refractivity (Wildman–Crippen MR) is 73.9 cm³/mol. The van der Waals surface area contributed by atoms with Crippen molar-refractivity contribution in [2.24, 2.45) is 0 Å². The molecule has 19 heavy (non-hydrogen) atoms. The van der Waals surface area contributed by atoms with Crippen molar-refractivity contribution in [1.82, 2.24) is 0 Å². The summed E-state index contributed by atoms with van der Waals surface area (Å²) in [4.78, 5) is 10.5. The summed E-state index contributed by atoms with van der Waals surface area (Å²) in [7, 11) is 0. The summed E-state index contributed by atoms with van der Waals surface area (Å²) in [5.74, 6) is 0.478. The molecular formula is C15H13ClO3. The second-order valence-electron chi connectivity index (χ2n) is 4.07. The van der Waals surface area contributed by atoms with Crippen LogP contribution in [0.2, 0.25) is 5.02 Å². The molecule has 0 amide bonds. The van der Waals surface area contributed by atoms with Crippen LogP contribution in [0.4, 0.5) is 0 Å². The van der Waals surface area contributed by atoms with Gasteiger partial charge in [-0.1, -0.05) is 35.9 Å². The predicted octanol–water partition coefficient (Wildman–Crippen LogP) is 4.15. The van der Waals surface area contributed by atoms with Gasteiger partial charge in [-0.2, -0.15) is 0 Å². The lowest BCUT2D eigenvalue weighted by Crippen LogP contribution is -1.97. The summed E-state index contributed by atoms with van der Waals surface area (Å²) in [5, 5.41) is 9.17. The monoisotopic (exact) mass is 276 g/mol. The van der Waals surface area contributed by atoms with Gasteiger partial charge in [-0.05, 0) is 36.2 Å². The highest BCUT2D eigenvalue weighted by Crippen LogP contribution is 2.28. The molecule has 0 heterocycles. The third-order valence-corrected chi connectivity index (χ3v) is 2.93. The van der Waals surface area contributed by atoms with Crippen molar-refractivity contribution in [3.63, 3.8) is 0 Å². The molecule has 1 N–H and O–H groups in total. The Labute approximate surface area is 116 Å². The van der Waals surface area contributed by atoms with Crippen LogP contribution < -0.4 is 4.74 Å². The van der Waals surface area contributed by atoms with Crippen molar-refractivity contribution in [1.29, 1.82) is 0 Å². The molecule has 0 aromatic heterocycles. The first kappa shape index (κ1) is 13.4. The maximum Gasteiger partial charge on any atom is 0.303 e. The second-order valence-corrected chi connectivity index (χ2v) is 4.48. The summed E-state index contributed by atoms with van der Waals surface area (Å²) in [6.07, 6.45) is 0.645. The number of aryl methyl sites for hydroxylation is 1. The molecule has 0 atom stereocenters. The lowest BCUT2D eigenvalue weighted by Gasteiger charge is -2.07. The normalized spacial score (nSPS) is 10.2. The van der Waals surface area contributed by atoms with Crippen molar-refractivity contribution in [2.45, 2.75) is 12.8 Å². The lowest BCUT2D eigenvalue weighted by molar-refractivity contribution is -0.136. The van der Waals surface area contributed by atoms with Crippen LogP contribution in [0.15, 0.2) is 48.5 Å². The number of benzene rings is 2. The molecule has 98 valence electrons. The quantitative estimate of drug-likeness (QED) is 0.892. The Hall–Kier alpha value is -2.00. The number of hydrogen-bond donors (Lipinski definition) is 1. The molecule has 0 fully saturated rings. The molecule has 3 nitrogen and oxygen atoms in total. The molecule has 2 aromatic rings. The number of ether oxygens (including phenoxy) is 1. The standard InChI is InChI=1S/C15H13ClO3/c16-13-3-1-2-4-14(13)19-12-8-5-11(6-9-12)7-10-15(17)18/h1-6,8-9H,7,10H2,(H,17,18). The van der Waals surface area contributed by atoms with E-state index in [1.54, 1.807) is 24.3 Å². The highest BCUT2D eigenvalue weighted by molar-refractivity contribution is 6.32. The molecule has 2 aromatic carbocycles. The minimum Gasteiger partial charge on any atom is -0.481 e. The molecule has 0 radical (unpaired) electrons. The van der Waals surface area contributed by atoms with E-state index in [2.05, 4.69) is 0 Å². The first-order valence-corrected chi connectivity index (χ1v) is 6.26. The van der Waals surface area contributed by atoms with Crippen molar-refractivity contribution in [3.05, 3.63) is 59.1 Å². The molecule has 0 aliphatic heterocycles. The number of halogens is 1. The van der Waals surface area contributed by atoms with Crippen LogP contribution in [-0.4, -0.2) is 11.1 Å². The Morgan fingerprint density at radius 3 is 2.42 bits per heavy atom. The number of rotatable bonds is 5. The van der Waals surface area contributed by atoms with E-state index < -0.39 is 5.97 Å². The zero-order valence-electron chi connectivity index (χ0n) is 10.2. The van der Waals surface area contributed by atoms with E-state index in [1.165, 1.54) is 0 Å². The van der Waals surface area contributed by atoms with E-state index in [0.29, 0.717) is 22.9 Å². The molecule has 0 saturated carbocycles. The first-order valence-electron chi connectivity index (χ1n) is 5.88. The summed E-state index contributed by atoms with van der Waals surface area (Å²) in [5.41, 5.74) is 0.967. The van der Waals surface area contributed by atoms with E-state index >= 15 is 0 Å². The van der Waals surface area contributed by atoms with Crippen LogP contribution in [0, 0.1) is 0 Å². The molecule has 0 bridgehead atoms. The fraction of sp³-hybridized carbons (Fsp3) is 0.133. The topological polar surface area (TPSA) is 46.5 Å². The third-order valence-electron chi connectivity index (χ3n) is 2.62. The van der Waals surface area contributed by atoms with Gasteiger partial charge in [0.15, 0.2) is 0 Å². The number of para-hydroxylation sites is 1. The van der Waals surface area contributed by atoms with Crippen LogP contribution in [-0.2, 0) is 11.2 Å². The minimum atomic E-state index is -0.795. The maximum atomic E-state index is 10.5. The Kier molecular flexibility index (Phi) is 4.42. The van der Waals surface area contributed by atoms with E-state index in [-0.39, 0.29) is 6.42 Å². The molecule has 0 spiro atoms. The summed E-state index contributed by atoms with van der Waals surface area (Å²) < 4.78 is 5.64. The van der Waals surface area contributed by atoms with Gasteiger partial charge in [0.2, 0.25) is 0 Å². The van der Waals surface area contributed by atoms with Crippen LogP contribution >= 0.6 is 11.6 Å². The summed E-state index contributed by atoms with van der Waals surface area (Å²) >= 11 is 6.00. The number of aliphatic carboxylic acids is 1. The SMILES string of the molecule is O=C(O)CCc1ccc(Oc2ccccc2Cl)cc1. The first-order chi connectivity index (χ1) is 9.15. The van der Waals surface area contributed by atoms with Crippen LogP contribution in [0.25, 0.3) is 0 Å². The van der Waals surface area contributed by atoms with Crippen LogP contribution in [0.3, 0.4) is 0 Å². The molecule has 0 aliphatic carbocycles. The Bertz CT molecular complexity index is 564. The number of carboxylic acid groups (broad SMARTS) is 1. The van der Waals surface area contributed by atoms with Gasteiger partial charge in [0.1, 0.15) is 11.5 Å². The van der Waals surface area contributed by atoms with E-state index in [1.807, 2.05) is 24.3 Å². The number of carboxylic acids is 1. The van der Waals surface area contributed by atoms with Gasteiger partial charge >= 0.3 is 5.97 Å². The van der Waals surface area contributed by atoms with Gasteiger partial charge < -0.3 is 9.84 Å². The molecule has 0 aliphatic rings. The number of carbonyl (C=O) groups is 1. The Morgan fingerprint density at radius 2 is 1.79 bits per heavy atom. The fourth-order valence-electron chi connectivity index (χ4n) is 1.63. The average molecular weight is 277 g/mol. The maximum absolute atomic E-state index is 10.5. The van der Waals surface area contributed by atoms with Gasteiger partial charge in [-0.3, -0.25) is 4.79 Å². The molecule has 0 unspecified atom stereocenters. The lowest BCUT2D eigenvalue weighted by atomic mass is 10.1. The van der Waals surface area contributed by atoms with Crippen molar-refractivity contribution in [2.75, 3.05) is 0 Å². The average Bonchev–Trinajstić information content (AvgIpc) is 2.40. The summed E-state index contributed by atoms with van der Waals surface area (Å²) in [6.45, 7) is 0. The smallest absolute Gasteiger partial charge is 0.303 e. The highest BCUT2D eigenvalue weighted by atomic mass is 35.5. The molecule has 2 rings (SSSR count). The van der Waals surface area contributed by atoms with Gasteiger partial charge in [0.05, 0.1) is 5.02 Å². The van der Waals surface area contributed by atoms with Crippen LogP contribution in [0.5, 0.6) is 11.5 Å². The second kappa shape index (κ2) is 6.25. The minimum absolute atomic E-state index is 0.130. The van der Waals surface area contributed by atoms with Gasteiger partial charge in [0.25, 0.3) is 0 Å². The third kappa shape index (κ3) is 4.00. The molecular weight excluding hydrogens is 264 g/mol. The van der Waals surface area contributed by atoms with E-state index in [0.717, 1.165) is 5.56 Å². The molecule has 4 heteroatoms. The van der Waals surface area contributed by atoms with Gasteiger partial charge in [-0.25, -0.2) is 0 Å². The van der Waals surface area contributed by atoms with Gasteiger partial charge in [-0.15, -0.1) is 0 Å². The van der Waals surface area contributed by atoms with Crippen molar-refractivity contribution < 1.29 is 14.6 Å². The molecule has 0 saturated heterocycles. The largest absolute Gasteiger partial charge is 0.481 e. The number of hydrogen-bond acceptors (Lipinski definition) is 2. The fourth-order valence-corrected chi connectivity index (χ4v) is 1.80. The zero-order chi connectivity index (χ0) is 13.7.